The lowest BCUT2D eigenvalue weighted by atomic mass is 10.0. The van der Waals surface area contributed by atoms with E-state index in [0.29, 0.717) is 12.1 Å². The third-order valence-corrected chi connectivity index (χ3v) is 4.10. The van der Waals surface area contributed by atoms with E-state index in [0.717, 1.165) is 0 Å². The molecule has 0 bridgehead atoms. The van der Waals surface area contributed by atoms with Crippen molar-refractivity contribution in [2.45, 2.75) is 32.9 Å². The Morgan fingerprint density at radius 1 is 1.12 bits per heavy atom. The van der Waals surface area contributed by atoms with Gasteiger partial charge in [0.1, 0.15) is 6.04 Å². The van der Waals surface area contributed by atoms with Gasteiger partial charge in [-0.1, -0.05) is 32.0 Å². The highest BCUT2D eigenvalue weighted by Crippen LogP contribution is 2.21. The molecule has 7 heteroatoms. The van der Waals surface area contributed by atoms with Gasteiger partial charge in [-0.3, -0.25) is 4.79 Å². The second kappa shape index (κ2) is 8.11. The highest BCUT2D eigenvalue weighted by atomic mass is 16.7. The minimum absolute atomic E-state index is 0.0774. The van der Waals surface area contributed by atoms with Crippen molar-refractivity contribution in [3.63, 3.8) is 0 Å². The molecule has 0 spiro atoms. The van der Waals surface area contributed by atoms with E-state index in [1.54, 1.807) is 38.1 Å². The Balaban J connectivity index is 2.15. The Morgan fingerprint density at radius 2 is 1.76 bits per heavy atom. The Labute approximate surface area is 147 Å². The fourth-order valence-corrected chi connectivity index (χ4v) is 2.86. The zero-order valence-corrected chi connectivity index (χ0v) is 15.0. The molecule has 1 heterocycles. The Morgan fingerprint density at radius 3 is 2.32 bits per heavy atom. The van der Waals surface area contributed by atoms with E-state index in [9.17, 15) is 14.4 Å². The van der Waals surface area contributed by atoms with Crippen molar-refractivity contribution in [3.05, 3.63) is 35.9 Å². The second-order valence-electron chi connectivity index (χ2n) is 6.38. The molecule has 0 aromatic heterocycles. The molecule has 7 nitrogen and oxygen atoms in total. The third-order valence-electron chi connectivity index (χ3n) is 4.10. The SMILES string of the molecule is COC(=O)C1CN(OC(=O)c2ccccc2)CC(C)N1C(=O)C(C)C. The number of piperazine rings is 1. The smallest absolute Gasteiger partial charge is 0.357 e. The summed E-state index contributed by atoms with van der Waals surface area (Å²) in [7, 11) is 1.28. The first-order valence-electron chi connectivity index (χ1n) is 8.27. The number of esters is 1. The normalized spacial score (nSPS) is 21.1. The zero-order chi connectivity index (χ0) is 18.6. The summed E-state index contributed by atoms with van der Waals surface area (Å²) in [5.74, 6) is -1.40. The van der Waals surface area contributed by atoms with Crippen molar-refractivity contribution in [3.8, 4) is 0 Å². The van der Waals surface area contributed by atoms with Gasteiger partial charge >= 0.3 is 11.9 Å². The summed E-state index contributed by atoms with van der Waals surface area (Å²) in [6.45, 7) is 5.79. The van der Waals surface area contributed by atoms with Crippen LogP contribution in [-0.2, 0) is 19.2 Å². The quantitative estimate of drug-likeness (QED) is 0.768. The van der Waals surface area contributed by atoms with Gasteiger partial charge in [0.25, 0.3) is 0 Å². The molecule has 0 saturated carbocycles. The summed E-state index contributed by atoms with van der Waals surface area (Å²) in [5.41, 5.74) is 0.422. The molecule has 25 heavy (non-hydrogen) atoms. The van der Waals surface area contributed by atoms with E-state index < -0.39 is 18.0 Å². The highest BCUT2D eigenvalue weighted by molar-refractivity contribution is 5.89. The second-order valence-corrected chi connectivity index (χ2v) is 6.38. The predicted molar refractivity (Wildman–Crippen MR) is 90.4 cm³/mol. The number of carbonyl (C=O) groups is 3. The lowest BCUT2D eigenvalue weighted by Crippen LogP contribution is -2.63. The molecule has 1 amide bonds. The monoisotopic (exact) mass is 348 g/mol. The van der Waals surface area contributed by atoms with Crippen LogP contribution in [0.5, 0.6) is 0 Å². The predicted octanol–water partition coefficient (Wildman–Crippen LogP) is 1.49. The first kappa shape index (κ1) is 18.9. The van der Waals surface area contributed by atoms with Gasteiger partial charge in [-0.05, 0) is 19.1 Å². The Kier molecular flexibility index (Phi) is 6.14. The molecule has 2 atom stereocenters. The van der Waals surface area contributed by atoms with Gasteiger partial charge in [0.05, 0.1) is 25.8 Å². The van der Waals surface area contributed by atoms with Crippen LogP contribution < -0.4 is 0 Å². The van der Waals surface area contributed by atoms with Crippen molar-refractivity contribution in [2.24, 2.45) is 5.92 Å². The summed E-state index contributed by atoms with van der Waals surface area (Å²) in [4.78, 5) is 43.8. The summed E-state index contributed by atoms with van der Waals surface area (Å²) in [5, 5.41) is 1.42. The number of carbonyl (C=O) groups excluding carboxylic acids is 3. The number of hydroxylamine groups is 2. The fraction of sp³-hybridized carbons (Fsp3) is 0.500. The standard InChI is InChI=1S/C18H24N2O5/c1-12(2)16(21)20-13(3)10-19(11-15(20)18(23)24-4)25-17(22)14-8-6-5-7-9-14/h5-9,12-13,15H,10-11H2,1-4H3. The molecule has 1 aliphatic heterocycles. The van der Waals surface area contributed by atoms with Crippen LogP contribution in [0.2, 0.25) is 0 Å². The van der Waals surface area contributed by atoms with Crippen molar-refractivity contribution in [1.82, 2.24) is 9.96 Å². The van der Waals surface area contributed by atoms with Crippen LogP contribution in [0, 0.1) is 5.92 Å². The maximum absolute atomic E-state index is 12.5. The number of hydrogen-bond donors (Lipinski definition) is 0. The number of nitrogens with zero attached hydrogens (tertiary/aromatic N) is 2. The first-order valence-corrected chi connectivity index (χ1v) is 8.27. The summed E-state index contributed by atoms with van der Waals surface area (Å²) < 4.78 is 4.84. The van der Waals surface area contributed by atoms with E-state index in [4.69, 9.17) is 9.57 Å². The summed E-state index contributed by atoms with van der Waals surface area (Å²) in [6, 6.07) is 7.50. The van der Waals surface area contributed by atoms with Crippen molar-refractivity contribution in [1.29, 1.82) is 0 Å². The van der Waals surface area contributed by atoms with Crippen LogP contribution in [0.4, 0.5) is 0 Å². The van der Waals surface area contributed by atoms with Crippen molar-refractivity contribution < 1.29 is 24.0 Å². The molecule has 1 aromatic rings. The van der Waals surface area contributed by atoms with Crippen molar-refractivity contribution in [2.75, 3.05) is 20.2 Å². The van der Waals surface area contributed by atoms with E-state index in [-0.39, 0.29) is 24.4 Å². The molecule has 136 valence electrons. The van der Waals surface area contributed by atoms with E-state index in [1.807, 2.05) is 13.0 Å². The number of benzene rings is 1. The molecule has 1 aliphatic rings. The maximum Gasteiger partial charge on any atom is 0.357 e. The van der Waals surface area contributed by atoms with Gasteiger partial charge in [0.15, 0.2) is 0 Å². The van der Waals surface area contributed by atoms with E-state index in [1.165, 1.54) is 17.1 Å². The lowest BCUT2D eigenvalue weighted by molar-refractivity contribution is -0.184. The van der Waals surface area contributed by atoms with E-state index in [2.05, 4.69) is 0 Å². The molecular weight excluding hydrogens is 324 g/mol. The van der Waals surface area contributed by atoms with Gasteiger partial charge in [0, 0.05) is 12.0 Å². The van der Waals surface area contributed by atoms with Crippen LogP contribution in [-0.4, -0.2) is 60.1 Å². The number of amides is 1. The third kappa shape index (κ3) is 4.36. The number of hydrogen-bond acceptors (Lipinski definition) is 6. The lowest BCUT2D eigenvalue weighted by Gasteiger charge is -2.43. The summed E-state index contributed by atoms with van der Waals surface area (Å²) in [6.07, 6.45) is 0. The molecule has 0 N–H and O–H groups in total. The summed E-state index contributed by atoms with van der Waals surface area (Å²) >= 11 is 0. The van der Waals surface area contributed by atoms with Gasteiger partial charge < -0.3 is 14.5 Å². The van der Waals surface area contributed by atoms with Crippen LogP contribution in [0.15, 0.2) is 30.3 Å². The highest BCUT2D eigenvalue weighted by Gasteiger charge is 2.42. The molecule has 0 radical (unpaired) electrons. The number of rotatable bonds is 4. The topological polar surface area (TPSA) is 76.2 Å². The largest absolute Gasteiger partial charge is 0.467 e. The molecule has 1 saturated heterocycles. The minimum Gasteiger partial charge on any atom is -0.467 e. The average Bonchev–Trinajstić information content (AvgIpc) is 2.60. The Hall–Kier alpha value is -2.41. The van der Waals surface area contributed by atoms with Gasteiger partial charge in [-0.2, -0.15) is 0 Å². The number of ether oxygens (including phenoxy) is 1. The minimum atomic E-state index is -0.813. The molecule has 1 aromatic carbocycles. The molecule has 0 aliphatic carbocycles. The van der Waals surface area contributed by atoms with Gasteiger partial charge in [-0.15, -0.1) is 5.06 Å². The first-order chi connectivity index (χ1) is 11.8. The van der Waals surface area contributed by atoms with Gasteiger partial charge in [0.2, 0.25) is 5.91 Å². The number of methoxy groups -OCH3 is 1. The molecule has 2 rings (SSSR count). The maximum atomic E-state index is 12.5. The molecule has 2 unspecified atom stereocenters. The fourth-order valence-electron chi connectivity index (χ4n) is 2.86. The molecular formula is C18H24N2O5. The van der Waals surface area contributed by atoms with Crippen molar-refractivity contribution >= 4 is 17.8 Å². The van der Waals surface area contributed by atoms with E-state index >= 15 is 0 Å². The van der Waals surface area contributed by atoms with Crippen LogP contribution in [0.1, 0.15) is 31.1 Å². The van der Waals surface area contributed by atoms with Crippen LogP contribution >= 0.6 is 0 Å². The van der Waals surface area contributed by atoms with Crippen LogP contribution in [0.25, 0.3) is 0 Å². The zero-order valence-electron chi connectivity index (χ0n) is 15.0. The molecule has 1 fully saturated rings. The Bertz CT molecular complexity index is 632. The van der Waals surface area contributed by atoms with Gasteiger partial charge in [-0.25, -0.2) is 9.59 Å². The van der Waals surface area contributed by atoms with Crippen LogP contribution in [0.3, 0.4) is 0 Å². The average molecular weight is 348 g/mol.